The number of hydrogen-bond acceptors (Lipinski definition) is 6. The SMILES string of the molecule is COc1ccc(NC(=O)C(=O)N/N=C(\C)CC(=O)Nc2ccc(Cl)cn2)cc1. The summed E-state index contributed by atoms with van der Waals surface area (Å²) in [4.78, 5) is 39.5. The first-order chi connectivity index (χ1) is 13.4. The normalized spacial score (nSPS) is 10.8. The second-order valence-corrected chi connectivity index (χ2v) is 5.99. The van der Waals surface area contributed by atoms with Gasteiger partial charge in [0.2, 0.25) is 5.91 Å². The molecule has 0 bridgehead atoms. The zero-order valence-electron chi connectivity index (χ0n) is 15.2. The Morgan fingerprint density at radius 2 is 1.79 bits per heavy atom. The number of anilines is 2. The van der Waals surface area contributed by atoms with E-state index in [0.29, 0.717) is 28.0 Å². The lowest BCUT2D eigenvalue weighted by atomic mass is 10.3. The highest BCUT2D eigenvalue weighted by atomic mass is 35.5. The van der Waals surface area contributed by atoms with Crippen molar-refractivity contribution in [1.29, 1.82) is 0 Å². The number of carbonyl (C=O) groups excluding carboxylic acids is 3. The van der Waals surface area contributed by atoms with Crippen molar-refractivity contribution in [2.45, 2.75) is 13.3 Å². The molecule has 1 aromatic carbocycles. The number of pyridine rings is 1. The highest BCUT2D eigenvalue weighted by Gasteiger charge is 2.13. The van der Waals surface area contributed by atoms with Crippen LogP contribution < -0.4 is 20.8 Å². The van der Waals surface area contributed by atoms with Gasteiger partial charge in [0, 0.05) is 17.6 Å². The molecule has 2 rings (SSSR count). The van der Waals surface area contributed by atoms with Gasteiger partial charge in [0.15, 0.2) is 0 Å². The molecule has 0 aliphatic carbocycles. The molecule has 0 radical (unpaired) electrons. The van der Waals surface area contributed by atoms with E-state index in [-0.39, 0.29) is 12.3 Å². The molecule has 0 aliphatic rings. The first-order valence-corrected chi connectivity index (χ1v) is 8.45. The molecule has 1 aromatic heterocycles. The van der Waals surface area contributed by atoms with Crippen molar-refractivity contribution >= 4 is 46.5 Å². The lowest BCUT2D eigenvalue weighted by molar-refractivity contribution is -0.136. The number of aromatic nitrogens is 1. The number of methoxy groups -OCH3 is 1. The van der Waals surface area contributed by atoms with E-state index in [4.69, 9.17) is 16.3 Å². The fourth-order valence-electron chi connectivity index (χ4n) is 1.97. The summed E-state index contributed by atoms with van der Waals surface area (Å²) in [6.45, 7) is 1.54. The number of nitrogens with zero attached hydrogens (tertiary/aromatic N) is 2. The van der Waals surface area contributed by atoms with Crippen LogP contribution in [0.15, 0.2) is 47.7 Å². The predicted octanol–water partition coefficient (Wildman–Crippen LogP) is 2.20. The van der Waals surface area contributed by atoms with Gasteiger partial charge in [0.05, 0.1) is 18.6 Å². The third-order valence-corrected chi connectivity index (χ3v) is 3.54. The Kier molecular flexibility index (Phi) is 7.46. The van der Waals surface area contributed by atoms with Crippen molar-refractivity contribution in [2.75, 3.05) is 17.7 Å². The molecule has 28 heavy (non-hydrogen) atoms. The number of rotatable bonds is 6. The molecule has 0 unspecified atom stereocenters. The fourth-order valence-corrected chi connectivity index (χ4v) is 2.08. The maximum Gasteiger partial charge on any atom is 0.329 e. The van der Waals surface area contributed by atoms with Crippen molar-refractivity contribution in [2.24, 2.45) is 5.10 Å². The topological polar surface area (TPSA) is 122 Å². The van der Waals surface area contributed by atoms with Crippen LogP contribution in [-0.4, -0.2) is 35.5 Å². The third kappa shape index (κ3) is 6.69. The predicted molar refractivity (Wildman–Crippen MR) is 105 cm³/mol. The molecule has 1 heterocycles. The Morgan fingerprint density at radius 3 is 2.39 bits per heavy atom. The minimum absolute atomic E-state index is 0.0926. The number of amides is 3. The van der Waals surface area contributed by atoms with Gasteiger partial charge in [0.25, 0.3) is 0 Å². The van der Waals surface area contributed by atoms with Gasteiger partial charge in [0.1, 0.15) is 11.6 Å². The maximum atomic E-state index is 11.9. The van der Waals surface area contributed by atoms with Crippen LogP contribution in [0.5, 0.6) is 5.75 Å². The van der Waals surface area contributed by atoms with Gasteiger partial charge < -0.3 is 15.4 Å². The molecule has 3 N–H and O–H groups in total. The molecule has 0 fully saturated rings. The summed E-state index contributed by atoms with van der Waals surface area (Å²) in [5, 5.41) is 9.18. The molecular formula is C18H18ClN5O4. The van der Waals surface area contributed by atoms with E-state index in [1.54, 1.807) is 36.4 Å². The molecule has 0 atom stereocenters. The van der Waals surface area contributed by atoms with Gasteiger partial charge in [-0.2, -0.15) is 5.10 Å². The van der Waals surface area contributed by atoms with E-state index >= 15 is 0 Å². The number of hydrogen-bond donors (Lipinski definition) is 3. The minimum Gasteiger partial charge on any atom is -0.497 e. The van der Waals surface area contributed by atoms with Crippen LogP contribution in [0, 0.1) is 0 Å². The van der Waals surface area contributed by atoms with Gasteiger partial charge in [-0.3, -0.25) is 14.4 Å². The summed E-state index contributed by atoms with van der Waals surface area (Å²) >= 11 is 5.72. The Morgan fingerprint density at radius 1 is 1.07 bits per heavy atom. The first kappa shape index (κ1) is 20.8. The Labute approximate surface area is 166 Å². The molecule has 0 saturated heterocycles. The van der Waals surface area contributed by atoms with Crippen LogP contribution in [0.2, 0.25) is 5.02 Å². The van der Waals surface area contributed by atoms with Crippen LogP contribution in [0.4, 0.5) is 11.5 Å². The van der Waals surface area contributed by atoms with Crippen molar-refractivity contribution in [3.05, 3.63) is 47.6 Å². The van der Waals surface area contributed by atoms with E-state index in [9.17, 15) is 14.4 Å². The average Bonchev–Trinajstić information content (AvgIpc) is 2.68. The van der Waals surface area contributed by atoms with Crippen LogP contribution in [0.1, 0.15) is 13.3 Å². The van der Waals surface area contributed by atoms with Crippen LogP contribution >= 0.6 is 11.6 Å². The van der Waals surface area contributed by atoms with E-state index in [2.05, 4.69) is 26.1 Å². The number of nitrogens with one attached hydrogen (secondary N) is 3. The average molecular weight is 404 g/mol. The van der Waals surface area contributed by atoms with Crippen molar-refractivity contribution in [1.82, 2.24) is 10.4 Å². The molecule has 10 heteroatoms. The summed E-state index contributed by atoms with van der Waals surface area (Å²) in [7, 11) is 1.52. The number of halogens is 1. The van der Waals surface area contributed by atoms with Gasteiger partial charge in [-0.25, -0.2) is 10.4 Å². The van der Waals surface area contributed by atoms with Gasteiger partial charge >= 0.3 is 11.8 Å². The number of benzene rings is 1. The lowest BCUT2D eigenvalue weighted by Crippen LogP contribution is -2.33. The van der Waals surface area contributed by atoms with Gasteiger partial charge in [-0.15, -0.1) is 0 Å². The molecule has 0 aliphatic heterocycles. The largest absolute Gasteiger partial charge is 0.497 e. The van der Waals surface area contributed by atoms with Crippen LogP contribution in [0.25, 0.3) is 0 Å². The van der Waals surface area contributed by atoms with E-state index < -0.39 is 11.8 Å². The van der Waals surface area contributed by atoms with Crippen molar-refractivity contribution < 1.29 is 19.1 Å². The Bertz CT molecular complexity index is 882. The molecule has 2 aromatic rings. The highest BCUT2D eigenvalue weighted by molar-refractivity contribution is 6.39. The second kappa shape index (κ2) is 10.0. The van der Waals surface area contributed by atoms with Crippen molar-refractivity contribution in [3.8, 4) is 5.75 Å². The molecule has 0 saturated carbocycles. The third-order valence-electron chi connectivity index (χ3n) is 3.31. The summed E-state index contributed by atoms with van der Waals surface area (Å²) in [5.74, 6) is -1.28. The summed E-state index contributed by atoms with van der Waals surface area (Å²) in [5.41, 5.74) is 2.83. The molecular weight excluding hydrogens is 386 g/mol. The molecule has 9 nitrogen and oxygen atoms in total. The van der Waals surface area contributed by atoms with Crippen LogP contribution in [-0.2, 0) is 14.4 Å². The number of ether oxygens (including phenoxy) is 1. The maximum absolute atomic E-state index is 11.9. The van der Waals surface area contributed by atoms with Gasteiger partial charge in [-0.05, 0) is 43.3 Å². The molecule has 146 valence electrons. The van der Waals surface area contributed by atoms with E-state index in [1.807, 2.05) is 0 Å². The van der Waals surface area contributed by atoms with Crippen molar-refractivity contribution in [3.63, 3.8) is 0 Å². The molecule has 0 spiro atoms. The zero-order chi connectivity index (χ0) is 20.5. The summed E-state index contributed by atoms with van der Waals surface area (Å²) < 4.78 is 5.01. The fraction of sp³-hybridized carbons (Fsp3) is 0.167. The van der Waals surface area contributed by atoms with E-state index in [0.717, 1.165) is 0 Å². The lowest BCUT2D eigenvalue weighted by Gasteiger charge is -2.06. The summed E-state index contributed by atoms with van der Waals surface area (Å²) in [6.07, 6.45) is 1.31. The van der Waals surface area contributed by atoms with Crippen LogP contribution in [0.3, 0.4) is 0 Å². The number of carbonyl (C=O) groups is 3. The number of hydrazone groups is 1. The van der Waals surface area contributed by atoms with E-state index in [1.165, 1.54) is 20.2 Å². The zero-order valence-corrected chi connectivity index (χ0v) is 15.9. The quantitative estimate of drug-likeness (QED) is 0.388. The molecule has 3 amide bonds. The minimum atomic E-state index is -0.963. The van der Waals surface area contributed by atoms with Gasteiger partial charge in [-0.1, -0.05) is 11.6 Å². The monoisotopic (exact) mass is 403 g/mol. The Hall–Kier alpha value is -3.46. The smallest absolute Gasteiger partial charge is 0.329 e. The standard InChI is InChI=1S/C18H18ClN5O4/c1-11(9-16(25)22-15-8-3-12(19)10-20-15)23-24-18(27)17(26)21-13-4-6-14(28-2)7-5-13/h3-8,10H,9H2,1-2H3,(H,21,26)(H,24,27)(H,20,22,25)/b23-11+. The Balaban J connectivity index is 1.81. The first-order valence-electron chi connectivity index (χ1n) is 8.07. The second-order valence-electron chi connectivity index (χ2n) is 5.56. The highest BCUT2D eigenvalue weighted by Crippen LogP contribution is 2.14. The summed E-state index contributed by atoms with van der Waals surface area (Å²) in [6, 6.07) is 9.61.